The van der Waals surface area contributed by atoms with Crippen molar-refractivity contribution < 1.29 is 13.9 Å². The number of nitrogens with two attached hydrogens (primary N) is 1. The Balaban J connectivity index is 1.11. The molecule has 0 saturated carbocycles. The van der Waals surface area contributed by atoms with Gasteiger partial charge in [0.15, 0.2) is 17.4 Å². The van der Waals surface area contributed by atoms with Crippen molar-refractivity contribution >= 4 is 16.8 Å². The number of halogens is 1. The van der Waals surface area contributed by atoms with Crippen LogP contribution in [0.2, 0.25) is 0 Å². The van der Waals surface area contributed by atoms with Gasteiger partial charge in [-0.25, -0.2) is 9.37 Å². The molecular formula is C33H40FN5O2. The number of pyridine rings is 1. The molecular weight excluding hydrogens is 517 g/mol. The first-order valence-electron chi connectivity index (χ1n) is 14.5. The van der Waals surface area contributed by atoms with Crippen LogP contribution in [0.3, 0.4) is 0 Å². The molecule has 1 unspecified atom stereocenters. The molecule has 1 fully saturated rings. The molecule has 3 N–H and O–H groups in total. The molecule has 3 aromatic rings. The van der Waals surface area contributed by atoms with Crippen molar-refractivity contribution in [2.24, 2.45) is 5.73 Å². The number of H-pyrrole nitrogens is 1. The SMILES string of the molecule is Cc1cccc(CN2CCCN(CC(=O)C(N)CCC3=CC=C(Oc4ccnc5[nH]cc(C)c45)C(F)=CC3)CC2)c1. The molecule has 0 spiro atoms. The van der Waals surface area contributed by atoms with Crippen LogP contribution < -0.4 is 10.5 Å². The fourth-order valence-electron chi connectivity index (χ4n) is 5.57. The predicted octanol–water partition coefficient (Wildman–Crippen LogP) is 5.51. The normalized spacial score (nSPS) is 17.8. The van der Waals surface area contributed by atoms with E-state index in [1.807, 2.05) is 19.2 Å². The van der Waals surface area contributed by atoms with Crippen molar-refractivity contribution in [2.75, 3.05) is 32.7 Å². The lowest BCUT2D eigenvalue weighted by Crippen LogP contribution is -2.41. The summed E-state index contributed by atoms with van der Waals surface area (Å²) in [5.74, 6) is 0.370. The van der Waals surface area contributed by atoms with Crippen LogP contribution in [0.4, 0.5) is 4.39 Å². The van der Waals surface area contributed by atoms with Gasteiger partial charge in [-0.15, -0.1) is 0 Å². The zero-order chi connectivity index (χ0) is 28.8. The number of aryl methyl sites for hydroxylation is 2. The van der Waals surface area contributed by atoms with Crippen LogP contribution in [-0.4, -0.2) is 64.3 Å². The van der Waals surface area contributed by atoms with Crippen molar-refractivity contribution in [1.29, 1.82) is 0 Å². The van der Waals surface area contributed by atoms with Crippen LogP contribution in [0, 0.1) is 13.8 Å². The van der Waals surface area contributed by atoms with Crippen LogP contribution in [0.25, 0.3) is 11.0 Å². The van der Waals surface area contributed by atoms with Crippen molar-refractivity contribution in [3.8, 4) is 5.75 Å². The lowest BCUT2D eigenvalue weighted by atomic mass is 10.0. The number of ether oxygens (including phenoxy) is 1. The van der Waals surface area contributed by atoms with Gasteiger partial charge in [0.2, 0.25) is 0 Å². The van der Waals surface area contributed by atoms with Gasteiger partial charge in [0.1, 0.15) is 11.4 Å². The van der Waals surface area contributed by atoms with Gasteiger partial charge >= 0.3 is 0 Å². The Morgan fingerprint density at radius 1 is 1.15 bits per heavy atom. The molecule has 1 aliphatic heterocycles. The number of nitrogens with one attached hydrogen (secondary N) is 1. The van der Waals surface area contributed by atoms with E-state index in [1.165, 1.54) is 17.2 Å². The van der Waals surface area contributed by atoms with Gasteiger partial charge in [0, 0.05) is 32.0 Å². The molecule has 2 aromatic heterocycles. The Bertz CT molecular complexity index is 1470. The molecule has 7 nitrogen and oxygen atoms in total. The minimum atomic E-state index is -0.541. The van der Waals surface area contributed by atoms with Crippen LogP contribution in [0.1, 0.15) is 42.4 Å². The first-order chi connectivity index (χ1) is 19.9. The molecule has 41 heavy (non-hydrogen) atoms. The highest BCUT2D eigenvalue weighted by Gasteiger charge is 2.21. The Kier molecular flexibility index (Phi) is 9.44. The number of benzene rings is 1. The first-order valence-corrected chi connectivity index (χ1v) is 14.5. The molecule has 1 saturated heterocycles. The molecule has 8 heteroatoms. The zero-order valence-electron chi connectivity index (χ0n) is 24.0. The van der Waals surface area contributed by atoms with E-state index in [0.29, 0.717) is 37.2 Å². The molecule has 2 aliphatic rings. The predicted molar refractivity (Wildman–Crippen MR) is 161 cm³/mol. The van der Waals surface area contributed by atoms with Crippen LogP contribution in [0.5, 0.6) is 5.75 Å². The lowest BCUT2D eigenvalue weighted by molar-refractivity contribution is -0.121. The molecule has 5 rings (SSSR count). The van der Waals surface area contributed by atoms with Gasteiger partial charge in [0.05, 0.1) is 18.0 Å². The van der Waals surface area contributed by atoms with E-state index in [2.05, 4.69) is 51.0 Å². The number of hydrogen-bond donors (Lipinski definition) is 2. The largest absolute Gasteiger partial charge is 0.453 e. The first kappa shape index (κ1) is 28.9. The minimum absolute atomic E-state index is 0.0659. The van der Waals surface area contributed by atoms with Crippen LogP contribution in [0.15, 0.2) is 78.1 Å². The van der Waals surface area contributed by atoms with Gasteiger partial charge in [0.25, 0.3) is 0 Å². The van der Waals surface area contributed by atoms with E-state index < -0.39 is 11.9 Å². The van der Waals surface area contributed by atoms with Crippen molar-refractivity contribution in [3.63, 3.8) is 0 Å². The quantitative estimate of drug-likeness (QED) is 0.342. The number of ketones is 1. The second-order valence-electron chi connectivity index (χ2n) is 11.2. The summed E-state index contributed by atoms with van der Waals surface area (Å²) in [4.78, 5) is 25.1. The third-order valence-electron chi connectivity index (χ3n) is 7.94. The number of hydrogen-bond acceptors (Lipinski definition) is 6. The van der Waals surface area contributed by atoms with Gasteiger partial charge in [-0.3, -0.25) is 14.6 Å². The highest BCUT2D eigenvalue weighted by Crippen LogP contribution is 2.31. The number of carbonyl (C=O) groups excluding carboxylic acids is 1. The third-order valence-corrected chi connectivity index (χ3v) is 7.94. The second-order valence-corrected chi connectivity index (χ2v) is 11.2. The summed E-state index contributed by atoms with van der Waals surface area (Å²) in [6.07, 6.45) is 11.2. The van der Waals surface area contributed by atoms with Crippen molar-refractivity contribution in [1.82, 2.24) is 19.8 Å². The Hall–Kier alpha value is -3.59. The number of nitrogens with zero attached hydrogens (tertiary/aromatic N) is 3. The molecule has 0 amide bonds. The molecule has 0 radical (unpaired) electrons. The highest BCUT2D eigenvalue weighted by atomic mass is 19.1. The van der Waals surface area contributed by atoms with Crippen molar-refractivity contribution in [2.45, 2.75) is 52.1 Å². The van der Waals surface area contributed by atoms with E-state index in [0.717, 1.165) is 55.7 Å². The topological polar surface area (TPSA) is 87.5 Å². The van der Waals surface area contributed by atoms with Crippen molar-refractivity contribution in [3.05, 3.63) is 94.8 Å². The van der Waals surface area contributed by atoms with E-state index in [9.17, 15) is 9.18 Å². The minimum Gasteiger partial charge on any atom is -0.453 e. The second kappa shape index (κ2) is 13.4. The van der Waals surface area contributed by atoms with Gasteiger partial charge in [-0.1, -0.05) is 41.5 Å². The third kappa shape index (κ3) is 7.58. The fourth-order valence-corrected chi connectivity index (χ4v) is 5.57. The zero-order valence-corrected chi connectivity index (χ0v) is 24.0. The van der Waals surface area contributed by atoms with Gasteiger partial charge in [-0.2, -0.15) is 0 Å². The number of aromatic nitrogens is 2. The molecule has 216 valence electrons. The van der Waals surface area contributed by atoms with E-state index >= 15 is 0 Å². The Morgan fingerprint density at radius 2 is 1.98 bits per heavy atom. The lowest BCUT2D eigenvalue weighted by Gasteiger charge is -2.22. The number of rotatable bonds is 10. The van der Waals surface area contributed by atoms with E-state index in [1.54, 1.807) is 18.3 Å². The smallest absolute Gasteiger partial charge is 0.163 e. The maximum atomic E-state index is 14.9. The molecule has 1 aliphatic carbocycles. The molecule has 1 atom stereocenters. The standard InChI is InChI=1S/C33H40FN5O2/c1-23-5-3-6-26(19-23)21-38-15-4-16-39(18-17-38)22-29(40)28(35)11-8-25-7-10-27(34)30(12-9-25)41-31-13-14-36-33-32(31)24(2)20-37-33/h3,5-6,9-10,12-14,19-20,28H,4,7-8,11,15-18,21-22,35H2,1-2H3,(H,36,37). The maximum absolute atomic E-state index is 14.9. The maximum Gasteiger partial charge on any atom is 0.163 e. The van der Waals surface area contributed by atoms with E-state index in [-0.39, 0.29) is 11.5 Å². The average Bonchev–Trinajstić information content (AvgIpc) is 3.09. The number of allylic oxidation sites excluding steroid dienone is 5. The average molecular weight is 558 g/mol. The fraction of sp³-hybridized carbons (Fsp3) is 0.394. The number of aromatic amines is 1. The van der Waals surface area contributed by atoms with Gasteiger partial charge in [-0.05, 0) is 82.0 Å². The number of Topliss-reactive ketones (excluding diaryl/α,β-unsaturated/α-hetero) is 1. The number of fused-ring (bicyclic) bond motifs is 1. The summed E-state index contributed by atoms with van der Waals surface area (Å²) < 4.78 is 20.9. The number of carbonyl (C=O) groups is 1. The summed E-state index contributed by atoms with van der Waals surface area (Å²) in [7, 11) is 0. The summed E-state index contributed by atoms with van der Waals surface area (Å²) in [6, 6.07) is 9.85. The van der Waals surface area contributed by atoms with Gasteiger partial charge < -0.3 is 15.5 Å². The molecule has 3 heterocycles. The van der Waals surface area contributed by atoms with E-state index in [4.69, 9.17) is 10.5 Å². The monoisotopic (exact) mass is 557 g/mol. The molecule has 1 aromatic carbocycles. The summed E-state index contributed by atoms with van der Waals surface area (Å²) in [6.45, 7) is 9.12. The molecule has 0 bridgehead atoms. The summed E-state index contributed by atoms with van der Waals surface area (Å²) >= 11 is 0. The Morgan fingerprint density at radius 3 is 2.83 bits per heavy atom. The van der Waals surface area contributed by atoms with Crippen LogP contribution >= 0.6 is 0 Å². The van der Waals surface area contributed by atoms with Crippen LogP contribution in [-0.2, 0) is 11.3 Å². The Labute approximate surface area is 241 Å². The summed E-state index contributed by atoms with van der Waals surface area (Å²) in [5, 5.41) is 0.836. The highest BCUT2D eigenvalue weighted by molar-refractivity contribution is 5.86. The summed E-state index contributed by atoms with van der Waals surface area (Å²) in [5.41, 5.74) is 11.6.